The maximum atomic E-state index is 9.09. The number of piperazine rings is 3. The van der Waals surface area contributed by atoms with Crippen molar-refractivity contribution < 1.29 is 0 Å². The van der Waals surface area contributed by atoms with E-state index in [1.165, 1.54) is 123 Å². The molecule has 0 radical (unpaired) electrons. The van der Waals surface area contributed by atoms with Gasteiger partial charge in [0.25, 0.3) is 6.17 Å². The van der Waals surface area contributed by atoms with Crippen LogP contribution in [0.4, 0.5) is 0 Å². The second-order valence-electron chi connectivity index (χ2n) is 35.0. The Kier molecular flexibility index (Phi) is 31.9. The molecule has 0 aromatic heterocycles. The minimum atomic E-state index is 0.0612. The molecule has 12 saturated heterocycles. The van der Waals surface area contributed by atoms with E-state index in [1.807, 2.05) is 0 Å². The minimum absolute atomic E-state index is 0.0612. The van der Waals surface area contributed by atoms with Crippen LogP contribution < -0.4 is 0 Å². The second kappa shape index (κ2) is 36.8. The summed E-state index contributed by atoms with van der Waals surface area (Å²) in [6.07, 6.45) is 9.92. The van der Waals surface area contributed by atoms with Gasteiger partial charge in [-0.1, -0.05) is 0 Å². The molecule has 546 valence electrons. The molecule has 12 aliphatic heterocycles. The first-order valence-corrected chi connectivity index (χ1v) is 39.4. The number of fused-ring (bicyclic) bond motifs is 5. The van der Waals surface area contributed by atoms with Gasteiger partial charge >= 0.3 is 0 Å². The van der Waals surface area contributed by atoms with Gasteiger partial charge in [-0.05, 0) is 245 Å². The molecule has 12 aliphatic rings. The zero-order valence-corrected chi connectivity index (χ0v) is 66.6. The molecule has 94 heavy (non-hydrogen) atoms. The maximum absolute atomic E-state index is 9.09. The average molecular weight is 1320 g/mol. The van der Waals surface area contributed by atoms with Crippen LogP contribution in [-0.2, 0) is 0 Å². The zero-order chi connectivity index (χ0) is 70.0. The predicted molar refractivity (Wildman–Crippen MR) is 401 cm³/mol. The summed E-state index contributed by atoms with van der Waals surface area (Å²) in [6.45, 7) is 88.2. The van der Waals surface area contributed by atoms with Crippen molar-refractivity contribution in [2.45, 2.75) is 364 Å². The molecule has 0 aromatic carbocycles. The standard InChI is InChI=1S/2C12H24N2.2C11H21N3.2C11H22N2.C10H20N2/c2*1-9(2)13-7-5-6-11-12(13)8-14(11)10(3)4;1-9(2)13-6-7-14(10(3)4)11(8-13)12-5;1-9(2)13-5-6-14(10(3)4)11(7-12)8-13;1-9(2)12-5-11(6-12)7-13(8-11)10(3)4;1-8(2)12-6-5-10-11(12)7-13(10)9(3)4;1-8(2)12-6-9-4-5-10(7-12)11(9)3/h2*9-12H,5-8H2,1-4H3;9-11H,6-8H2,1-4H3;9-11H,5-6,8H2,1-4H3;9-10H,5-8H2,1-4H3;8-11H,5-7H2,1-4H3;8-10H,4-7H2,1-3H3. The van der Waals surface area contributed by atoms with E-state index in [0.29, 0.717) is 29.6 Å². The Hall–Kier alpha value is -1.58. The first kappa shape index (κ1) is 81.4. The summed E-state index contributed by atoms with van der Waals surface area (Å²) < 4.78 is 0. The third-order valence-corrected chi connectivity index (χ3v) is 24.8. The number of likely N-dealkylation sites (tertiary alicyclic amines) is 9. The van der Waals surface area contributed by atoms with Gasteiger partial charge in [0.15, 0.2) is 0 Å². The molecule has 10 atom stereocenters. The van der Waals surface area contributed by atoms with Gasteiger partial charge in [-0.15, -0.1) is 0 Å². The summed E-state index contributed by atoms with van der Waals surface area (Å²) in [4.78, 5) is 39.5. The first-order chi connectivity index (χ1) is 44.1. The van der Waals surface area contributed by atoms with Crippen LogP contribution >= 0.6 is 0 Å². The number of hydrogen-bond donors (Lipinski definition) is 0. The molecule has 12 heterocycles. The molecule has 12 rings (SSSR count). The lowest BCUT2D eigenvalue weighted by Gasteiger charge is -2.62. The zero-order valence-electron chi connectivity index (χ0n) is 66.6. The molecule has 0 saturated carbocycles. The van der Waals surface area contributed by atoms with Gasteiger partial charge in [0.1, 0.15) is 6.04 Å². The molecular formula is C78H154N16. The summed E-state index contributed by atoms with van der Waals surface area (Å²) in [5, 5.41) is 9.09. The van der Waals surface area contributed by atoms with Gasteiger partial charge in [-0.2, -0.15) is 5.26 Å². The molecule has 0 aromatic rings. The quantitative estimate of drug-likeness (QED) is 0.164. The Morgan fingerprint density at radius 1 is 0.319 bits per heavy atom. The van der Waals surface area contributed by atoms with Crippen LogP contribution in [0.2, 0.25) is 0 Å². The van der Waals surface area contributed by atoms with Crippen molar-refractivity contribution in [2.24, 2.45) is 5.41 Å². The highest BCUT2D eigenvalue weighted by atomic mass is 15.4. The molecule has 0 N–H and O–H groups in total. The predicted octanol–water partition coefficient (Wildman–Crippen LogP) is 11.0. The van der Waals surface area contributed by atoms with Crippen LogP contribution in [-0.4, -0.2) is 333 Å². The van der Waals surface area contributed by atoms with Gasteiger partial charge in [0, 0.05) is 230 Å². The molecule has 1 spiro atoms. The third-order valence-electron chi connectivity index (χ3n) is 24.8. The third kappa shape index (κ3) is 20.8. The van der Waals surface area contributed by atoms with Gasteiger partial charge < -0.3 is 0 Å². The summed E-state index contributed by atoms with van der Waals surface area (Å²) >= 11 is 0. The number of nitriles is 1. The van der Waals surface area contributed by atoms with Crippen molar-refractivity contribution in [2.75, 3.05) is 125 Å². The van der Waals surface area contributed by atoms with Crippen molar-refractivity contribution in [1.82, 2.24) is 68.6 Å². The van der Waals surface area contributed by atoms with E-state index in [9.17, 15) is 0 Å². The van der Waals surface area contributed by atoms with Crippen molar-refractivity contribution in [1.29, 1.82) is 5.26 Å². The van der Waals surface area contributed by atoms with Gasteiger partial charge in [-0.3, -0.25) is 68.5 Å². The molecular weight excluding hydrogens is 1160 g/mol. The van der Waals surface area contributed by atoms with Gasteiger partial charge in [0.05, 0.1) is 12.6 Å². The fourth-order valence-corrected chi connectivity index (χ4v) is 18.3. The van der Waals surface area contributed by atoms with E-state index in [4.69, 9.17) is 11.8 Å². The van der Waals surface area contributed by atoms with Gasteiger partial charge in [-0.25, -0.2) is 11.5 Å². The first-order valence-electron chi connectivity index (χ1n) is 39.4. The Balaban J connectivity index is 0.000000174. The van der Waals surface area contributed by atoms with Crippen LogP contribution in [0.15, 0.2) is 0 Å². The van der Waals surface area contributed by atoms with E-state index in [0.717, 1.165) is 142 Å². The van der Waals surface area contributed by atoms with Gasteiger partial charge in [0.2, 0.25) is 0 Å². The fourth-order valence-electron chi connectivity index (χ4n) is 18.3. The van der Waals surface area contributed by atoms with Crippen LogP contribution in [0.1, 0.15) is 225 Å². The van der Waals surface area contributed by atoms with E-state index in [1.54, 1.807) is 0 Å². The van der Waals surface area contributed by atoms with Crippen molar-refractivity contribution in [3.8, 4) is 6.07 Å². The lowest BCUT2D eigenvalue weighted by atomic mass is 9.72. The van der Waals surface area contributed by atoms with Crippen LogP contribution in [0.3, 0.4) is 0 Å². The van der Waals surface area contributed by atoms with E-state index in [-0.39, 0.29) is 12.2 Å². The second-order valence-corrected chi connectivity index (χ2v) is 35.0. The number of likely N-dealkylation sites (N-methyl/N-ethyl adjacent to an activating group) is 1. The largest absolute Gasteiger partial charge is 0.300 e. The normalized spacial score (nSPS) is 31.6. The molecule has 16 heteroatoms. The lowest BCUT2D eigenvalue weighted by Crippen LogP contribution is -2.73. The Bertz CT molecular complexity index is 2110. The number of nitrogens with zero attached hydrogens (tertiary/aromatic N) is 16. The highest BCUT2D eigenvalue weighted by Crippen LogP contribution is 2.42. The SMILES string of the molecule is CC(C)N1CC2(C1)CN(C(C)C)C2.CC(C)N1CC2CCC(C1)N2C.CC(C)N1CCC2C1CN2C(C)C.CC(C)N1CCCC2C1CN2C(C)C.CC(C)N1CCCC2C1CN2C(C)C.CC(C)N1CCN(C(C)C)C(C#N)C1.[C-]#[N+]C1CN(C(C)C)CCN1C(C)C. The van der Waals surface area contributed by atoms with Crippen LogP contribution in [0, 0.1) is 23.3 Å². The molecule has 10 unspecified atom stereocenters. The Morgan fingerprint density at radius 3 is 0.979 bits per heavy atom. The maximum Gasteiger partial charge on any atom is 0.292 e. The monoisotopic (exact) mass is 1320 g/mol. The topological polar surface area (TPSA) is 73.5 Å². The van der Waals surface area contributed by atoms with Crippen molar-refractivity contribution in [3.05, 3.63) is 11.4 Å². The molecule has 16 nitrogen and oxygen atoms in total. The van der Waals surface area contributed by atoms with E-state index in [2.05, 4.69) is 267 Å². The van der Waals surface area contributed by atoms with Crippen LogP contribution in [0.5, 0.6) is 0 Å². The number of piperidine rings is 2. The molecule has 2 bridgehead atoms. The average Bonchev–Trinajstić information content (AvgIpc) is 0.976. The molecule has 12 fully saturated rings. The lowest BCUT2D eigenvalue weighted by molar-refractivity contribution is -0.135. The minimum Gasteiger partial charge on any atom is -0.300 e. The van der Waals surface area contributed by atoms with E-state index < -0.39 is 0 Å². The fraction of sp³-hybridized carbons (Fsp3) is 0.974. The Labute approximate surface area is 582 Å². The highest BCUT2D eigenvalue weighted by Gasteiger charge is 2.53. The molecule has 0 amide bonds. The Morgan fingerprint density at radius 2 is 0.649 bits per heavy atom. The molecule has 0 aliphatic carbocycles. The summed E-state index contributed by atoms with van der Waals surface area (Å²) in [6, 6.07) is 18.2. The van der Waals surface area contributed by atoms with Crippen LogP contribution in [0.25, 0.3) is 4.85 Å². The number of hydrogen-bond acceptors (Lipinski definition) is 15. The van der Waals surface area contributed by atoms with Crippen molar-refractivity contribution in [3.63, 3.8) is 0 Å². The summed E-state index contributed by atoms with van der Waals surface area (Å²) in [5.74, 6) is 0. The van der Waals surface area contributed by atoms with Crippen molar-refractivity contribution >= 4 is 0 Å². The summed E-state index contributed by atoms with van der Waals surface area (Å²) in [5.41, 5.74) is 0.703. The summed E-state index contributed by atoms with van der Waals surface area (Å²) in [7, 11) is 2.29. The number of rotatable bonds is 13. The smallest absolute Gasteiger partial charge is 0.292 e. The van der Waals surface area contributed by atoms with E-state index >= 15 is 0 Å². The highest BCUT2D eigenvalue weighted by molar-refractivity contribution is 5.09.